The summed E-state index contributed by atoms with van der Waals surface area (Å²) < 4.78 is 0. The molecule has 2 heterocycles. The molecule has 1 saturated heterocycles. The second kappa shape index (κ2) is 6.02. The smallest absolute Gasteiger partial charge is 0.326 e. The van der Waals surface area contributed by atoms with Crippen molar-refractivity contribution < 1.29 is 19.5 Å². The lowest BCUT2D eigenvalue weighted by Crippen LogP contribution is -2.53. The van der Waals surface area contributed by atoms with Crippen LogP contribution >= 0.6 is 0 Å². The number of hydrogen-bond acceptors (Lipinski definition) is 4. The van der Waals surface area contributed by atoms with Crippen molar-refractivity contribution in [2.75, 3.05) is 6.54 Å². The first-order chi connectivity index (χ1) is 9.52. The van der Waals surface area contributed by atoms with E-state index in [9.17, 15) is 19.5 Å². The van der Waals surface area contributed by atoms with Gasteiger partial charge in [0.1, 0.15) is 11.8 Å². The van der Waals surface area contributed by atoms with Crippen molar-refractivity contribution in [3.63, 3.8) is 0 Å². The number of piperidine rings is 1. The van der Waals surface area contributed by atoms with E-state index in [0.717, 1.165) is 12.8 Å². The number of nitrogens with one attached hydrogen (secondary N) is 1. The topological polar surface area (TPSA) is 99.1 Å². The second-order valence-electron chi connectivity index (χ2n) is 5.24. The summed E-state index contributed by atoms with van der Waals surface area (Å²) in [5.74, 6) is -1.22. The molecule has 0 aromatic carbocycles. The van der Waals surface area contributed by atoms with Crippen LogP contribution in [0.15, 0.2) is 5.10 Å². The normalized spacial score (nSPS) is 26.8. The predicted molar refractivity (Wildman–Crippen MR) is 71.0 cm³/mol. The molecular formula is C13H19N3O4. The van der Waals surface area contributed by atoms with Gasteiger partial charge in [0.05, 0.1) is 0 Å². The molecule has 2 atom stereocenters. The minimum atomic E-state index is -0.975. The first kappa shape index (κ1) is 14.5. The van der Waals surface area contributed by atoms with Gasteiger partial charge < -0.3 is 10.0 Å². The number of hydrazone groups is 1. The number of carbonyl (C=O) groups excluding carboxylic acids is 2. The molecule has 2 rings (SSSR count). The third-order valence-corrected chi connectivity index (χ3v) is 3.99. The summed E-state index contributed by atoms with van der Waals surface area (Å²) in [7, 11) is 0. The molecule has 0 radical (unpaired) electrons. The fourth-order valence-electron chi connectivity index (χ4n) is 2.68. The average Bonchev–Trinajstić information content (AvgIpc) is 2.46. The van der Waals surface area contributed by atoms with Crippen molar-refractivity contribution in [2.24, 2.45) is 11.0 Å². The molecule has 2 amide bonds. The lowest BCUT2D eigenvalue weighted by Gasteiger charge is -2.37. The molecule has 7 nitrogen and oxygen atoms in total. The lowest BCUT2D eigenvalue weighted by molar-refractivity contribution is -0.150. The molecule has 110 valence electrons. The number of carboxylic acids is 1. The summed E-state index contributed by atoms with van der Waals surface area (Å²) in [6.07, 6.45) is 2.70. The van der Waals surface area contributed by atoms with Gasteiger partial charge in [0.25, 0.3) is 5.91 Å². The van der Waals surface area contributed by atoms with Crippen LogP contribution in [0, 0.1) is 5.92 Å². The largest absolute Gasteiger partial charge is 0.480 e. The quantitative estimate of drug-likeness (QED) is 0.780. The van der Waals surface area contributed by atoms with E-state index in [4.69, 9.17) is 0 Å². The van der Waals surface area contributed by atoms with E-state index in [1.165, 1.54) is 4.90 Å². The Hall–Kier alpha value is -1.92. The zero-order valence-corrected chi connectivity index (χ0v) is 11.5. The van der Waals surface area contributed by atoms with E-state index in [2.05, 4.69) is 10.5 Å². The van der Waals surface area contributed by atoms with Crippen LogP contribution < -0.4 is 5.43 Å². The summed E-state index contributed by atoms with van der Waals surface area (Å²) in [5, 5.41) is 13.1. The van der Waals surface area contributed by atoms with E-state index >= 15 is 0 Å². The second-order valence-corrected chi connectivity index (χ2v) is 5.24. The highest BCUT2D eigenvalue weighted by Gasteiger charge is 2.37. The van der Waals surface area contributed by atoms with Crippen molar-refractivity contribution in [3.05, 3.63) is 0 Å². The highest BCUT2D eigenvalue weighted by Crippen LogP contribution is 2.26. The predicted octanol–water partition coefficient (Wildman–Crippen LogP) is 0.354. The van der Waals surface area contributed by atoms with Crippen LogP contribution in [0.25, 0.3) is 0 Å². The van der Waals surface area contributed by atoms with E-state index in [1.54, 1.807) is 0 Å². The molecular weight excluding hydrogens is 262 g/mol. The number of likely N-dealkylation sites (tertiary alicyclic amines) is 1. The zero-order valence-electron chi connectivity index (χ0n) is 11.5. The summed E-state index contributed by atoms with van der Waals surface area (Å²) in [4.78, 5) is 36.1. The third-order valence-electron chi connectivity index (χ3n) is 3.99. The van der Waals surface area contributed by atoms with Crippen molar-refractivity contribution in [3.8, 4) is 0 Å². The number of carbonyl (C=O) groups is 3. The molecule has 0 saturated carbocycles. The van der Waals surface area contributed by atoms with Crippen molar-refractivity contribution in [1.29, 1.82) is 0 Å². The lowest BCUT2D eigenvalue weighted by atomic mass is 9.88. The average molecular weight is 281 g/mol. The highest BCUT2D eigenvalue weighted by atomic mass is 16.4. The van der Waals surface area contributed by atoms with Crippen LogP contribution in [0.4, 0.5) is 0 Å². The molecule has 2 N–H and O–H groups in total. The Bertz CT molecular complexity index is 461. The first-order valence-corrected chi connectivity index (χ1v) is 6.92. The molecule has 20 heavy (non-hydrogen) atoms. The number of rotatable bonds is 3. The van der Waals surface area contributed by atoms with Crippen molar-refractivity contribution >= 4 is 23.5 Å². The van der Waals surface area contributed by atoms with Gasteiger partial charge in [-0.15, -0.1) is 0 Å². The van der Waals surface area contributed by atoms with Crippen LogP contribution in [-0.2, 0) is 14.4 Å². The molecule has 0 aliphatic carbocycles. The maximum absolute atomic E-state index is 12.4. The summed E-state index contributed by atoms with van der Waals surface area (Å²) in [5.41, 5.74) is 2.51. The van der Waals surface area contributed by atoms with Gasteiger partial charge in [-0.25, -0.2) is 10.2 Å². The molecule has 2 unspecified atom stereocenters. The minimum absolute atomic E-state index is 0.216. The Morgan fingerprint density at radius 3 is 2.75 bits per heavy atom. The molecule has 0 bridgehead atoms. The van der Waals surface area contributed by atoms with Crippen LogP contribution in [0.5, 0.6) is 0 Å². The minimum Gasteiger partial charge on any atom is -0.480 e. The Kier molecular flexibility index (Phi) is 4.36. The Morgan fingerprint density at radius 2 is 2.20 bits per heavy atom. The van der Waals surface area contributed by atoms with Crippen LogP contribution in [0.2, 0.25) is 0 Å². The van der Waals surface area contributed by atoms with Gasteiger partial charge in [-0.1, -0.05) is 13.3 Å². The Balaban J connectivity index is 2.11. The fraction of sp³-hybridized carbons (Fsp3) is 0.692. The van der Waals surface area contributed by atoms with E-state index in [1.807, 2.05) is 6.92 Å². The number of nitrogens with zero attached hydrogens (tertiary/aromatic N) is 2. The number of carboxylic acid groups (broad SMARTS) is 1. The van der Waals surface area contributed by atoms with Gasteiger partial charge in [-0.2, -0.15) is 5.10 Å². The van der Waals surface area contributed by atoms with Crippen LogP contribution in [0.3, 0.4) is 0 Å². The monoisotopic (exact) mass is 281 g/mol. The van der Waals surface area contributed by atoms with Gasteiger partial charge in [-0.05, 0) is 18.8 Å². The maximum Gasteiger partial charge on any atom is 0.326 e. The van der Waals surface area contributed by atoms with E-state index < -0.39 is 12.0 Å². The van der Waals surface area contributed by atoms with Crippen molar-refractivity contribution in [1.82, 2.24) is 10.3 Å². The number of aliphatic carboxylic acids is 1. The van der Waals surface area contributed by atoms with Crippen LogP contribution in [0.1, 0.15) is 39.0 Å². The standard InChI is InChI=1S/C13H19N3O4/c1-2-8-5-6-16(10(7-8)13(19)20)12(18)9-3-4-11(17)15-14-9/h8,10H,2-7H2,1H3,(H,15,17)(H,19,20). The van der Waals surface area contributed by atoms with Gasteiger partial charge in [-0.3, -0.25) is 9.59 Å². The molecule has 0 aromatic rings. The highest BCUT2D eigenvalue weighted by molar-refractivity contribution is 6.39. The Labute approximate surface area is 117 Å². The molecule has 0 aromatic heterocycles. The summed E-state index contributed by atoms with van der Waals surface area (Å²) >= 11 is 0. The summed E-state index contributed by atoms with van der Waals surface area (Å²) in [6, 6.07) is -0.790. The molecule has 2 aliphatic heterocycles. The van der Waals surface area contributed by atoms with Gasteiger partial charge in [0, 0.05) is 19.4 Å². The van der Waals surface area contributed by atoms with E-state index in [-0.39, 0.29) is 30.4 Å². The van der Waals surface area contributed by atoms with Gasteiger partial charge in [0.15, 0.2) is 0 Å². The maximum atomic E-state index is 12.4. The molecule has 0 spiro atoms. The zero-order chi connectivity index (χ0) is 14.7. The third kappa shape index (κ3) is 2.97. The van der Waals surface area contributed by atoms with Gasteiger partial charge in [0.2, 0.25) is 5.91 Å². The van der Waals surface area contributed by atoms with Crippen molar-refractivity contribution in [2.45, 2.75) is 45.1 Å². The SMILES string of the molecule is CCC1CCN(C(=O)C2=NNC(=O)CC2)C(C(=O)O)C1. The molecule has 2 aliphatic rings. The fourth-order valence-corrected chi connectivity index (χ4v) is 2.68. The molecule has 7 heteroatoms. The van der Waals surface area contributed by atoms with Gasteiger partial charge >= 0.3 is 5.97 Å². The van der Waals surface area contributed by atoms with E-state index in [0.29, 0.717) is 18.9 Å². The van der Waals surface area contributed by atoms with Crippen LogP contribution in [-0.4, -0.2) is 46.1 Å². The first-order valence-electron chi connectivity index (χ1n) is 6.92. The number of hydrogen-bond donors (Lipinski definition) is 2. The molecule has 1 fully saturated rings. The summed E-state index contributed by atoms with van der Waals surface area (Å²) in [6.45, 7) is 2.46. The number of amides is 2. The Morgan fingerprint density at radius 1 is 1.45 bits per heavy atom.